The minimum Gasteiger partial charge on any atom is -0.491 e. The first-order valence-corrected chi connectivity index (χ1v) is 9.87. The van der Waals surface area contributed by atoms with Crippen molar-refractivity contribution in [3.8, 4) is 5.75 Å². The van der Waals surface area contributed by atoms with Crippen LogP contribution < -0.4 is 10.3 Å². The molecule has 0 spiro atoms. The van der Waals surface area contributed by atoms with E-state index in [2.05, 4.69) is 11.9 Å². The summed E-state index contributed by atoms with van der Waals surface area (Å²) in [6, 6.07) is 7.84. The lowest BCUT2D eigenvalue weighted by molar-refractivity contribution is 0.0914. The maximum Gasteiger partial charge on any atom is 0.262 e. The third kappa shape index (κ3) is 3.27. The zero-order valence-electron chi connectivity index (χ0n) is 14.8. The Bertz CT molecular complexity index is 992. The molecule has 136 valence electrons. The van der Waals surface area contributed by atoms with Gasteiger partial charge in [-0.25, -0.2) is 4.98 Å². The van der Waals surface area contributed by atoms with Crippen molar-refractivity contribution in [1.29, 1.82) is 0 Å². The van der Waals surface area contributed by atoms with Gasteiger partial charge in [0.05, 0.1) is 18.3 Å². The van der Waals surface area contributed by atoms with Crippen LogP contribution in [0.25, 0.3) is 10.2 Å². The molecule has 3 aromatic rings. The molecule has 4 rings (SSSR count). The Kier molecular flexibility index (Phi) is 4.78. The van der Waals surface area contributed by atoms with Gasteiger partial charge >= 0.3 is 0 Å². The largest absolute Gasteiger partial charge is 0.491 e. The standard InChI is InChI=1S/C20H22N2O3S/c1-2-13-5-3-6-15(9-13)25-11-14(23)10-22-12-21-19-18(20(22)24)16-7-4-8-17(16)26-19/h3,5-6,9,12,14,23H,2,4,7-8,10-11H2,1H3. The molecule has 1 aliphatic rings. The fourth-order valence-corrected chi connectivity index (χ4v) is 4.70. The lowest BCUT2D eigenvalue weighted by Crippen LogP contribution is -2.30. The minimum atomic E-state index is -0.774. The third-order valence-electron chi connectivity index (χ3n) is 4.85. The van der Waals surface area contributed by atoms with Crippen molar-refractivity contribution in [3.63, 3.8) is 0 Å². The fourth-order valence-electron chi connectivity index (χ4n) is 3.48. The van der Waals surface area contributed by atoms with E-state index in [1.807, 2.05) is 24.3 Å². The van der Waals surface area contributed by atoms with E-state index in [1.54, 1.807) is 11.3 Å². The molecule has 1 N–H and O–H groups in total. The first kappa shape index (κ1) is 17.2. The van der Waals surface area contributed by atoms with Crippen LogP contribution in [0.5, 0.6) is 5.75 Å². The van der Waals surface area contributed by atoms with Crippen molar-refractivity contribution in [1.82, 2.24) is 9.55 Å². The van der Waals surface area contributed by atoms with Crippen molar-refractivity contribution in [2.24, 2.45) is 0 Å². The Morgan fingerprint density at radius 1 is 1.38 bits per heavy atom. The second kappa shape index (κ2) is 7.21. The molecule has 5 nitrogen and oxygen atoms in total. The zero-order valence-corrected chi connectivity index (χ0v) is 15.6. The summed E-state index contributed by atoms with van der Waals surface area (Å²) in [5, 5.41) is 11.1. The Hall–Kier alpha value is -2.18. The second-order valence-corrected chi connectivity index (χ2v) is 7.79. The molecule has 1 unspecified atom stereocenters. The summed E-state index contributed by atoms with van der Waals surface area (Å²) in [5.74, 6) is 0.736. The van der Waals surface area contributed by atoms with E-state index in [4.69, 9.17) is 4.74 Å². The normalized spacial score (nSPS) is 14.5. The maximum atomic E-state index is 12.8. The molecule has 0 aliphatic heterocycles. The topological polar surface area (TPSA) is 64.3 Å². The zero-order chi connectivity index (χ0) is 18.1. The molecule has 0 bridgehead atoms. The summed E-state index contributed by atoms with van der Waals surface area (Å²) >= 11 is 1.63. The highest BCUT2D eigenvalue weighted by Gasteiger charge is 2.21. The van der Waals surface area contributed by atoms with E-state index in [0.717, 1.165) is 41.6 Å². The lowest BCUT2D eigenvalue weighted by atomic mass is 10.2. The van der Waals surface area contributed by atoms with Gasteiger partial charge in [-0.05, 0) is 48.9 Å². The fraction of sp³-hybridized carbons (Fsp3) is 0.400. The molecular weight excluding hydrogens is 348 g/mol. The molecule has 0 saturated heterocycles. The Morgan fingerprint density at radius 3 is 3.12 bits per heavy atom. The van der Waals surface area contributed by atoms with Gasteiger partial charge in [-0.1, -0.05) is 19.1 Å². The van der Waals surface area contributed by atoms with E-state index >= 15 is 0 Å². The van der Waals surface area contributed by atoms with Crippen LogP contribution in [0.1, 0.15) is 29.3 Å². The summed E-state index contributed by atoms with van der Waals surface area (Å²) in [6.07, 6.45) is 4.81. The molecule has 6 heteroatoms. The molecule has 1 aliphatic carbocycles. The van der Waals surface area contributed by atoms with Crippen molar-refractivity contribution in [3.05, 3.63) is 57.0 Å². The molecule has 0 radical (unpaired) electrons. The quantitative estimate of drug-likeness (QED) is 0.725. The average Bonchev–Trinajstić information content (AvgIpc) is 3.23. The van der Waals surface area contributed by atoms with Crippen molar-refractivity contribution >= 4 is 21.6 Å². The van der Waals surface area contributed by atoms with E-state index in [0.29, 0.717) is 0 Å². The maximum absolute atomic E-state index is 12.8. The third-order valence-corrected chi connectivity index (χ3v) is 6.05. The number of aliphatic hydroxyl groups is 1. The van der Waals surface area contributed by atoms with E-state index in [-0.39, 0.29) is 18.7 Å². The Balaban J connectivity index is 1.48. The van der Waals surface area contributed by atoms with Gasteiger partial charge in [-0.2, -0.15) is 0 Å². The smallest absolute Gasteiger partial charge is 0.262 e. The molecule has 1 atom stereocenters. The van der Waals surface area contributed by atoms with Crippen molar-refractivity contribution < 1.29 is 9.84 Å². The van der Waals surface area contributed by atoms with E-state index in [9.17, 15) is 9.90 Å². The number of nitrogens with zero attached hydrogens (tertiary/aromatic N) is 2. The number of aliphatic hydroxyl groups excluding tert-OH is 1. The molecule has 2 aromatic heterocycles. The first-order valence-electron chi connectivity index (χ1n) is 9.05. The first-order chi connectivity index (χ1) is 12.7. The summed E-state index contributed by atoms with van der Waals surface area (Å²) in [7, 11) is 0. The Morgan fingerprint density at radius 2 is 2.27 bits per heavy atom. The van der Waals surface area contributed by atoms with Gasteiger partial charge in [0.1, 0.15) is 23.3 Å². The number of hydrogen-bond donors (Lipinski definition) is 1. The molecule has 26 heavy (non-hydrogen) atoms. The van der Waals surface area contributed by atoms with Gasteiger partial charge in [-0.15, -0.1) is 11.3 Å². The van der Waals surface area contributed by atoms with Crippen LogP contribution in [-0.4, -0.2) is 27.4 Å². The summed E-state index contributed by atoms with van der Waals surface area (Å²) in [5.41, 5.74) is 2.30. The van der Waals surface area contributed by atoms with Gasteiger partial charge in [0.25, 0.3) is 5.56 Å². The predicted octanol–water partition coefficient (Wildman–Crippen LogP) is 2.95. The van der Waals surface area contributed by atoms with Gasteiger partial charge < -0.3 is 9.84 Å². The van der Waals surface area contributed by atoms with Crippen LogP contribution in [0, 0.1) is 0 Å². The molecular formula is C20H22N2O3S. The highest BCUT2D eigenvalue weighted by atomic mass is 32.1. The van der Waals surface area contributed by atoms with Gasteiger partial charge in [0, 0.05) is 4.88 Å². The number of thiophene rings is 1. The number of benzene rings is 1. The highest BCUT2D eigenvalue weighted by Crippen LogP contribution is 2.34. The van der Waals surface area contributed by atoms with E-state index in [1.165, 1.54) is 26.9 Å². The van der Waals surface area contributed by atoms with Crippen LogP contribution in [0.15, 0.2) is 35.4 Å². The average molecular weight is 370 g/mol. The summed E-state index contributed by atoms with van der Waals surface area (Å²) in [6.45, 7) is 2.41. The van der Waals surface area contributed by atoms with Gasteiger partial charge in [0.2, 0.25) is 0 Å². The van der Waals surface area contributed by atoms with Crippen LogP contribution in [0.2, 0.25) is 0 Å². The monoisotopic (exact) mass is 370 g/mol. The lowest BCUT2D eigenvalue weighted by Gasteiger charge is -2.14. The molecule has 0 saturated carbocycles. The number of aromatic nitrogens is 2. The van der Waals surface area contributed by atoms with Crippen LogP contribution in [-0.2, 0) is 25.8 Å². The summed E-state index contributed by atoms with van der Waals surface area (Å²) in [4.78, 5) is 19.4. The number of ether oxygens (including phenoxy) is 1. The van der Waals surface area contributed by atoms with Crippen LogP contribution in [0.4, 0.5) is 0 Å². The SMILES string of the molecule is CCc1cccc(OCC(O)Cn2cnc3sc4c(c3c2=O)CCC4)c1. The molecule has 0 fully saturated rings. The molecule has 0 amide bonds. The number of hydrogen-bond acceptors (Lipinski definition) is 5. The number of rotatable bonds is 6. The minimum absolute atomic E-state index is 0.0542. The predicted molar refractivity (Wildman–Crippen MR) is 103 cm³/mol. The van der Waals surface area contributed by atoms with Gasteiger partial charge in [-0.3, -0.25) is 9.36 Å². The van der Waals surface area contributed by atoms with Crippen molar-refractivity contribution in [2.45, 2.75) is 45.3 Å². The van der Waals surface area contributed by atoms with Crippen LogP contribution in [0.3, 0.4) is 0 Å². The van der Waals surface area contributed by atoms with Gasteiger partial charge in [0.15, 0.2) is 0 Å². The van der Waals surface area contributed by atoms with Crippen molar-refractivity contribution in [2.75, 3.05) is 6.61 Å². The van der Waals surface area contributed by atoms with Crippen LogP contribution >= 0.6 is 11.3 Å². The highest BCUT2D eigenvalue weighted by molar-refractivity contribution is 7.18. The Labute approximate surface area is 155 Å². The van der Waals surface area contributed by atoms with E-state index < -0.39 is 6.10 Å². The second-order valence-electron chi connectivity index (χ2n) is 6.71. The number of aryl methyl sites for hydroxylation is 3. The molecule has 2 heterocycles. The molecule has 1 aromatic carbocycles. The number of fused-ring (bicyclic) bond motifs is 3. The summed E-state index contributed by atoms with van der Waals surface area (Å²) < 4.78 is 7.19.